The molecule has 2 bridgehead atoms. The lowest BCUT2D eigenvalue weighted by Crippen LogP contribution is -2.38. The van der Waals surface area contributed by atoms with Crippen molar-refractivity contribution in [1.82, 2.24) is 15.5 Å². The van der Waals surface area contributed by atoms with Gasteiger partial charge in [0.25, 0.3) is 5.91 Å². The molecule has 44 heavy (non-hydrogen) atoms. The van der Waals surface area contributed by atoms with E-state index in [1.54, 1.807) is 32.1 Å². The Balaban J connectivity index is 2.60. The molecule has 0 spiro atoms. The molecular formula is C32H48N4O8. The zero-order valence-electron chi connectivity index (χ0n) is 27.0. The van der Waals surface area contributed by atoms with Crippen LogP contribution in [-0.4, -0.2) is 99.4 Å². The van der Waals surface area contributed by atoms with E-state index >= 15 is 0 Å². The first-order chi connectivity index (χ1) is 20.7. The number of aliphatic hydroxyl groups excluding tert-OH is 1. The maximum Gasteiger partial charge on any atom is 0.405 e. The number of aliphatic hydroxyl groups is 1. The number of amides is 2. The molecule has 5 N–H and O–H groups in total. The van der Waals surface area contributed by atoms with E-state index in [4.69, 9.17) is 19.9 Å². The Bertz CT molecular complexity index is 1230. The molecule has 0 saturated carbocycles. The lowest BCUT2D eigenvalue weighted by molar-refractivity contribution is -0.120. The van der Waals surface area contributed by atoms with Crippen LogP contribution in [0.5, 0.6) is 0 Å². The van der Waals surface area contributed by atoms with Gasteiger partial charge >= 0.3 is 6.09 Å². The van der Waals surface area contributed by atoms with Gasteiger partial charge in [0.2, 0.25) is 11.6 Å². The smallest absolute Gasteiger partial charge is 0.405 e. The van der Waals surface area contributed by atoms with Crippen LogP contribution in [0.2, 0.25) is 0 Å². The van der Waals surface area contributed by atoms with Crippen LogP contribution in [0.3, 0.4) is 0 Å². The van der Waals surface area contributed by atoms with E-state index < -0.39 is 53.9 Å². The van der Waals surface area contributed by atoms with E-state index in [-0.39, 0.29) is 34.9 Å². The zero-order valence-corrected chi connectivity index (χ0v) is 27.0. The minimum absolute atomic E-state index is 0.114. The average Bonchev–Trinajstić information content (AvgIpc) is 2.95. The number of hydrogen-bond acceptors (Lipinski definition) is 10. The van der Waals surface area contributed by atoms with Crippen LogP contribution in [0, 0.1) is 11.8 Å². The van der Waals surface area contributed by atoms with Gasteiger partial charge in [0.15, 0.2) is 6.10 Å². The van der Waals surface area contributed by atoms with E-state index in [0.29, 0.717) is 25.1 Å². The van der Waals surface area contributed by atoms with Gasteiger partial charge in [-0.1, -0.05) is 38.2 Å². The summed E-state index contributed by atoms with van der Waals surface area (Å²) in [7, 11) is 6.74. The van der Waals surface area contributed by atoms with Gasteiger partial charge in [0, 0.05) is 50.4 Å². The fraction of sp³-hybridized carbons (Fsp3) is 0.562. The molecule has 0 fully saturated rings. The van der Waals surface area contributed by atoms with Crippen molar-refractivity contribution >= 4 is 23.6 Å². The van der Waals surface area contributed by atoms with Crippen LogP contribution >= 0.6 is 0 Å². The van der Waals surface area contributed by atoms with Gasteiger partial charge in [-0.05, 0) is 52.3 Å². The zero-order chi connectivity index (χ0) is 33.1. The van der Waals surface area contributed by atoms with Crippen LogP contribution in [0.25, 0.3) is 0 Å². The minimum Gasteiger partial charge on any atom is -0.439 e. The number of likely N-dealkylation sites (N-methyl/N-ethyl adjacent to an activating group) is 1. The molecule has 2 rings (SSSR count). The number of primary amides is 1. The summed E-state index contributed by atoms with van der Waals surface area (Å²) in [6.07, 6.45) is 3.88. The molecule has 0 aromatic carbocycles. The Labute approximate surface area is 260 Å². The lowest BCUT2D eigenvalue weighted by Gasteiger charge is -2.30. The van der Waals surface area contributed by atoms with E-state index in [2.05, 4.69) is 10.6 Å². The van der Waals surface area contributed by atoms with Gasteiger partial charge < -0.3 is 40.6 Å². The molecule has 2 aliphatic rings. The summed E-state index contributed by atoms with van der Waals surface area (Å²) in [5, 5.41) is 17.0. The van der Waals surface area contributed by atoms with Crippen molar-refractivity contribution in [3.05, 3.63) is 58.5 Å². The van der Waals surface area contributed by atoms with Gasteiger partial charge in [0.1, 0.15) is 6.10 Å². The highest BCUT2D eigenvalue weighted by molar-refractivity contribution is 6.23. The third-order valence-electron chi connectivity index (χ3n) is 7.65. The summed E-state index contributed by atoms with van der Waals surface area (Å²) in [5.74, 6) is -2.06. The van der Waals surface area contributed by atoms with Crippen molar-refractivity contribution in [2.24, 2.45) is 17.6 Å². The molecule has 6 atom stereocenters. The number of carbonyl (C=O) groups is 4. The molecule has 12 heteroatoms. The molecule has 244 valence electrons. The molecule has 1 heterocycles. The van der Waals surface area contributed by atoms with Gasteiger partial charge in [0.05, 0.1) is 23.6 Å². The van der Waals surface area contributed by atoms with Crippen molar-refractivity contribution in [2.75, 3.05) is 41.4 Å². The van der Waals surface area contributed by atoms with Crippen LogP contribution in [0.1, 0.15) is 40.5 Å². The minimum atomic E-state index is -0.997. The Morgan fingerprint density at radius 3 is 2.43 bits per heavy atom. The number of ketones is 2. The standard InChI is InChI=1S/C32H48N4O8/c1-18-14-22-27(34-12-13-36(5)6)24(37)17-23(29(22)39)35-31(40)19(2)10-9-11-25(42-7)30(44-32(33)41)21(4)16-20(3)28(38)26(15-18)43-8/h9-11,16-18,20,25-26,28,30,34,38H,12-15H2,1-8H3,(H2,33,41)(H,35,40)/b11-9-,19-10+,21-16+/t18-,20+,25+,26-,28+,30+/m0/s1. The SMILES string of the molecule is CO[C@H]1C[C@@H](C)CC2=C(NCCN(C)C)C(=O)C=C(NC(=O)/C(C)=C/C=C\[C@@H](OC)[C@H](OC(N)=O)/C(C)=C/[C@@H](C)[C@H]1O)C2=O. The van der Waals surface area contributed by atoms with Crippen molar-refractivity contribution < 1.29 is 38.5 Å². The first-order valence-corrected chi connectivity index (χ1v) is 14.7. The first kappa shape index (κ1) is 36.6. The van der Waals surface area contributed by atoms with Crippen molar-refractivity contribution in [1.29, 1.82) is 0 Å². The summed E-state index contributed by atoms with van der Waals surface area (Å²) in [6.45, 7) is 8.09. The third-order valence-corrected chi connectivity index (χ3v) is 7.65. The topological polar surface area (TPSA) is 170 Å². The highest BCUT2D eigenvalue weighted by Crippen LogP contribution is 2.28. The number of carbonyl (C=O) groups excluding carboxylic acids is 4. The third kappa shape index (κ3) is 10.3. The van der Waals surface area contributed by atoms with Crippen molar-refractivity contribution in [3.63, 3.8) is 0 Å². The fourth-order valence-corrected chi connectivity index (χ4v) is 5.18. The molecule has 0 aromatic heterocycles. The second-order valence-electron chi connectivity index (χ2n) is 11.7. The van der Waals surface area contributed by atoms with E-state index in [9.17, 15) is 24.3 Å². The Hall–Kier alpha value is -3.58. The number of allylic oxidation sites excluding steroid dienone is 4. The van der Waals surface area contributed by atoms with Crippen LogP contribution in [0.4, 0.5) is 4.79 Å². The molecule has 0 radical (unpaired) electrons. The van der Waals surface area contributed by atoms with Gasteiger partial charge in [-0.15, -0.1) is 0 Å². The van der Waals surface area contributed by atoms with E-state index in [0.717, 1.165) is 6.08 Å². The van der Waals surface area contributed by atoms with Crippen LogP contribution in [0.15, 0.2) is 58.5 Å². The van der Waals surface area contributed by atoms with Crippen LogP contribution in [-0.2, 0) is 28.6 Å². The Morgan fingerprint density at radius 1 is 1.16 bits per heavy atom. The average molecular weight is 617 g/mol. The maximum atomic E-state index is 13.7. The molecule has 2 amide bonds. The number of fused-ring (bicyclic) bond motifs is 2. The molecule has 1 aliphatic carbocycles. The number of methoxy groups -OCH3 is 2. The summed E-state index contributed by atoms with van der Waals surface area (Å²) >= 11 is 0. The number of ether oxygens (including phenoxy) is 3. The van der Waals surface area contributed by atoms with Crippen LogP contribution < -0.4 is 16.4 Å². The molecule has 12 nitrogen and oxygen atoms in total. The largest absolute Gasteiger partial charge is 0.439 e. The highest BCUT2D eigenvalue weighted by atomic mass is 16.6. The highest BCUT2D eigenvalue weighted by Gasteiger charge is 2.33. The molecule has 0 saturated heterocycles. The maximum absolute atomic E-state index is 13.7. The molecule has 0 unspecified atom stereocenters. The summed E-state index contributed by atoms with van der Waals surface area (Å²) in [5.41, 5.74) is 6.55. The second-order valence-corrected chi connectivity index (χ2v) is 11.7. The Morgan fingerprint density at radius 2 is 1.84 bits per heavy atom. The molecule has 1 aliphatic heterocycles. The predicted molar refractivity (Wildman–Crippen MR) is 166 cm³/mol. The fourth-order valence-electron chi connectivity index (χ4n) is 5.18. The van der Waals surface area contributed by atoms with Gasteiger partial charge in [-0.2, -0.15) is 0 Å². The normalized spacial score (nSPS) is 31.0. The van der Waals surface area contributed by atoms with Gasteiger partial charge in [-0.3, -0.25) is 14.4 Å². The number of Topliss-reactive ketones (excluding diaryl/α,β-unsaturated/α-hetero) is 1. The number of hydrogen-bond donors (Lipinski definition) is 4. The number of nitrogens with zero attached hydrogens (tertiary/aromatic N) is 1. The number of nitrogens with one attached hydrogen (secondary N) is 2. The Kier molecular flexibility index (Phi) is 14.2. The predicted octanol–water partition coefficient (Wildman–Crippen LogP) is 1.91. The summed E-state index contributed by atoms with van der Waals surface area (Å²) < 4.78 is 16.6. The monoisotopic (exact) mass is 616 g/mol. The summed E-state index contributed by atoms with van der Waals surface area (Å²) in [6, 6.07) is 0. The molecular weight excluding hydrogens is 568 g/mol. The number of rotatable bonds is 7. The quantitative estimate of drug-likeness (QED) is 0.245. The number of nitrogens with two attached hydrogens (primary N) is 1. The van der Waals surface area contributed by atoms with Crippen molar-refractivity contribution in [2.45, 2.75) is 65.0 Å². The van der Waals surface area contributed by atoms with Crippen molar-refractivity contribution in [3.8, 4) is 0 Å². The second kappa shape index (κ2) is 17.0. The van der Waals surface area contributed by atoms with E-state index in [1.807, 2.05) is 32.8 Å². The lowest BCUT2D eigenvalue weighted by atomic mass is 9.85. The van der Waals surface area contributed by atoms with E-state index in [1.165, 1.54) is 20.3 Å². The molecule has 0 aromatic rings. The van der Waals surface area contributed by atoms with Gasteiger partial charge in [-0.25, -0.2) is 4.79 Å². The first-order valence-electron chi connectivity index (χ1n) is 14.7. The summed E-state index contributed by atoms with van der Waals surface area (Å²) in [4.78, 5) is 53.7.